The van der Waals surface area contributed by atoms with E-state index in [1.54, 1.807) is 0 Å². The minimum absolute atomic E-state index is 0.0819. The van der Waals surface area contributed by atoms with Gasteiger partial charge in [-0.25, -0.2) is 0 Å². The Morgan fingerprint density at radius 3 is 2.36 bits per heavy atom. The molecular weight excluding hydrogens is 296 g/mol. The molecule has 1 fully saturated rings. The first kappa shape index (κ1) is 16.9. The summed E-state index contributed by atoms with van der Waals surface area (Å²) < 4.78 is 0. The van der Waals surface area contributed by atoms with Gasteiger partial charge in [-0.1, -0.05) is 6.92 Å². The van der Waals surface area contributed by atoms with E-state index in [4.69, 9.17) is 0 Å². The van der Waals surface area contributed by atoms with Crippen LogP contribution in [0, 0.1) is 5.92 Å². The van der Waals surface area contributed by atoms with Crippen LogP contribution in [0.25, 0.3) is 0 Å². The summed E-state index contributed by atoms with van der Waals surface area (Å²) >= 11 is 1.52. The van der Waals surface area contributed by atoms with Crippen molar-refractivity contribution in [2.24, 2.45) is 5.92 Å². The maximum absolute atomic E-state index is 12.0. The average Bonchev–Trinajstić information content (AvgIpc) is 2.48. The first-order valence-electron chi connectivity index (χ1n) is 7.82. The lowest BCUT2D eigenvalue weighted by molar-refractivity contribution is -0.119. The highest BCUT2D eigenvalue weighted by atomic mass is 32.2. The zero-order valence-electron chi connectivity index (χ0n) is 13.2. The molecule has 2 N–H and O–H groups in total. The van der Waals surface area contributed by atoms with Gasteiger partial charge in [0.2, 0.25) is 11.8 Å². The molecule has 0 bridgehead atoms. The lowest BCUT2D eigenvalue weighted by atomic mass is 9.87. The van der Waals surface area contributed by atoms with Crippen LogP contribution in [-0.2, 0) is 9.59 Å². The predicted octanol–water partition coefficient (Wildman–Crippen LogP) is 3.43. The van der Waals surface area contributed by atoms with Crippen molar-refractivity contribution in [3.05, 3.63) is 24.3 Å². The molecule has 4 nitrogen and oxygen atoms in total. The van der Waals surface area contributed by atoms with Crippen molar-refractivity contribution in [3.8, 4) is 0 Å². The Balaban J connectivity index is 1.72. The zero-order chi connectivity index (χ0) is 15.9. The highest BCUT2D eigenvalue weighted by molar-refractivity contribution is 8.00. The summed E-state index contributed by atoms with van der Waals surface area (Å²) in [6.07, 6.45) is 4.62. The number of amides is 2. The van der Waals surface area contributed by atoms with Gasteiger partial charge in [-0.3, -0.25) is 9.59 Å². The number of thioether (sulfide) groups is 1. The van der Waals surface area contributed by atoms with Gasteiger partial charge in [0.15, 0.2) is 0 Å². The zero-order valence-corrected chi connectivity index (χ0v) is 14.0. The summed E-state index contributed by atoms with van der Waals surface area (Å²) in [5.41, 5.74) is 0.776. The highest BCUT2D eigenvalue weighted by Gasteiger charge is 2.19. The van der Waals surface area contributed by atoms with Crippen LogP contribution < -0.4 is 10.6 Å². The normalized spacial score (nSPS) is 21.2. The monoisotopic (exact) mass is 320 g/mol. The van der Waals surface area contributed by atoms with Gasteiger partial charge in [-0.2, -0.15) is 0 Å². The first-order chi connectivity index (χ1) is 10.5. The number of carbonyl (C=O) groups is 2. The second kappa shape index (κ2) is 8.22. The van der Waals surface area contributed by atoms with E-state index in [9.17, 15) is 9.59 Å². The standard InChI is InChI=1S/C17H24N2O2S/c1-12-3-5-15(6-4-12)19-17(21)11-22-16-9-7-14(8-10-16)18-13(2)20/h7-10,12,15H,3-6,11H2,1-2H3,(H,18,20)(H,19,21). The molecule has 22 heavy (non-hydrogen) atoms. The molecule has 1 saturated carbocycles. The van der Waals surface area contributed by atoms with Crippen molar-refractivity contribution in [1.29, 1.82) is 0 Å². The maximum Gasteiger partial charge on any atom is 0.230 e. The topological polar surface area (TPSA) is 58.2 Å². The molecule has 5 heteroatoms. The van der Waals surface area contributed by atoms with Crippen molar-refractivity contribution in [2.75, 3.05) is 11.1 Å². The van der Waals surface area contributed by atoms with Crippen LogP contribution in [0.2, 0.25) is 0 Å². The van der Waals surface area contributed by atoms with E-state index < -0.39 is 0 Å². The maximum atomic E-state index is 12.0. The fourth-order valence-electron chi connectivity index (χ4n) is 2.66. The van der Waals surface area contributed by atoms with Gasteiger partial charge in [-0.05, 0) is 55.9 Å². The van der Waals surface area contributed by atoms with E-state index in [1.165, 1.54) is 31.5 Å². The molecule has 0 radical (unpaired) electrons. The van der Waals surface area contributed by atoms with Crippen LogP contribution in [-0.4, -0.2) is 23.6 Å². The van der Waals surface area contributed by atoms with Gasteiger partial charge in [-0.15, -0.1) is 11.8 Å². The van der Waals surface area contributed by atoms with Crippen molar-refractivity contribution in [2.45, 2.75) is 50.5 Å². The van der Waals surface area contributed by atoms with Crippen molar-refractivity contribution >= 4 is 29.3 Å². The Kier molecular flexibility index (Phi) is 6.31. The average molecular weight is 320 g/mol. The number of anilines is 1. The van der Waals surface area contributed by atoms with Crippen molar-refractivity contribution in [1.82, 2.24) is 5.32 Å². The molecule has 0 aliphatic heterocycles. The molecule has 1 aliphatic carbocycles. The molecular formula is C17H24N2O2S. The third kappa shape index (κ3) is 5.72. The van der Waals surface area contributed by atoms with Crippen LogP contribution >= 0.6 is 11.8 Å². The van der Waals surface area contributed by atoms with Gasteiger partial charge in [0, 0.05) is 23.5 Å². The quantitative estimate of drug-likeness (QED) is 0.817. The predicted molar refractivity (Wildman–Crippen MR) is 91.0 cm³/mol. The second-order valence-corrected chi connectivity index (χ2v) is 7.07. The van der Waals surface area contributed by atoms with Crippen molar-refractivity contribution in [3.63, 3.8) is 0 Å². The minimum Gasteiger partial charge on any atom is -0.353 e. The SMILES string of the molecule is CC(=O)Nc1ccc(SCC(=O)NC2CCC(C)CC2)cc1. The van der Waals surface area contributed by atoms with E-state index in [0.717, 1.165) is 29.3 Å². The summed E-state index contributed by atoms with van der Waals surface area (Å²) in [5, 5.41) is 5.86. The minimum atomic E-state index is -0.0819. The number of rotatable bonds is 5. The van der Waals surface area contributed by atoms with E-state index in [2.05, 4.69) is 17.6 Å². The molecule has 0 atom stereocenters. The van der Waals surface area contributed by atoms with Crippen LogP contribution in [0.15, 0.2) is 29.2 Å². The van der Waals surface area contributed by atoms with Gasteiger partial charge < -0.3 is 10.6 Å². The molecule has 2 amide bonds. The second-order valence-electron chi connectivity index (χ2n) is 6.02. The Morgan fingerprint density at radius 1 is 1.14 bits per heavy atom. The summed E-state index contributed by atoms with van der Waals surface area (Å²) in [4.78, 5) is 24.0. The summed E-state index contributed by atoms with van der Waals surface area (Å²) in [6, 6.07) is 7.90. The smallest absolute Gasteiger partial charge is 0.230 e. The number of carbonyl (C=O) groups excluding carboxylic acids is 2. The van der Waals surface area contributed by atoms with Crippen LogP contribution in [0.5, 0.6) is 0 Å². The Labute approximate surface area is 136 Å². The summed E-state index contributed by atoms with van der Waals surface area (Å²) in [5.74, 6) is 1.26. The van der Waals surface area contributed by atoms with Crippen LogP contribution in [0.3, 0.4) is 0 Å². The lowest BCUT2D eigenvalue weighted by Gasteiger charge is -2.26. The van der Waals surface area contributed by atoms with E-state index >= 15 is 0 Å². The van der Waals surface area contributed by atoms with Gasteiger partial charge in [0.1, 0.15) is 0 Å². The fourth-order valence-corrected chi connectivity index (χ4v) is 3.37. The Morgan fingerprint density at radius 2 is 1.77 bits per heavy atom. The number of hydrogen-bond donors (Lipinski definition) is 2. The van der Waals surface area contributed by atoms with Gasteiger partial charge >= 0.3 is 0 Å². The third-order valence-corrected chi connectivity index (χ3v) is 4.94. The Bertz CT molecular complexity index is 508. The van der Waals surface area contributed by atoms with E-state index in [0.29, 0.717) is 11.8 Å². The van der Waals surface area contributed by atoms with Crippen molar-refractivity contribution < 1.29 is 9.59 Å². The molecule has 0 saturated heterocycles. The summed E-state index contributed by atoms with van der Waals surface area (Å²) in [7, 11) is 0. The molecule has 1 aromatic rings. The molecule has 1 aromatic carbocycles. The first-order valence-corrected chi connectivity index (χ1v) is 8.81. The molecule has 1 aliphatic rings. The number of benzene rings is 1. The lowest BCUT2D eigenvalue weighted by Crippen LogP contribution is -2.38. The third-order valence-electron chi connectivity index (χ3n) is 3.93. The molecule has 0 unspecified atom stereocenters. The van der Waals surface area contributed by atoms with Gasteiger partial charge in [0.05, 0.1) is 5.75 Å². The molecule has 0 spiro atoms. The van der Waals surface area contributed by atoms with Gasteiger partial charge in [0.25, 0.3) is 0 Å². The number of nitrogens with one attached hydrogen (secondary N) is 2. The largest absolute Gasteiger partial charge is 0.353 e. The van der Waals surface area contributed by atoms with Crippen LogP contribution in [0.1, 0.15) is 39.5 Å². The molecule has 2 rings (SSSR count). The molecule has 0 aromatic heterocycles. The Hall–Kier alpha value is -1.49. The highest BCUT2D eigenvalue weighted by Crippen LogP contribution is 2.24. The van der Waals surface area contributed by atoms with Crippen LogP contribution in [0.4, 0.5) is 5.69 Å². The molecule has 120 valence electrons. The fraction of sp³-hybridized carbons (Fsp3) is 0.529. The molecule has 0 heterocycles. The van der Waals surface area contributed by atoms with E-state index in [-0.39, 0.29) is 11.8 Å². The van der Waals surface area contributed by atoms with E-state index in [1.807, 2.05) is 24.3 Å². The summed E-state index contributed by atoms with van der Waals surface area (Å²) in [6.45, 7) is 3.76. The number of hydrogen-bond acceptors (Lipinski definition) is 3.